The molecule has 0 saturated carbocycles. The van der Waals surface area contributed by atoms with Crippen molar-refractivity contribution in [3.05, 3.63) is 78.8 Å². The number of benzene rings is 1. The van der Waals surface area contributed by atoms with Crippen LogP contribution in [-0.4, -0.2) is 15.7 Å². The zero-order valence-corrected chi connectivity index (χ0v) is 15.9. The maximum Gasteiger partial charge on any atom is 0.270 e. The number of nitrogens with one attached hydrogen (secondary N) is 1. The van der Waals surface area contributed by atoms with Crippen LogP contribution in [0.1, 0.15) is 16.1 Å². The van der Waals surface area contributed by atoms with Gasteiger partial charge in [-0.25, -0.2) is 4.68 Å². The Kier molecular flexibility index (Phi) is 5.45. The summed E-state index contributed by atoms with van der Waals surface area (Å²) in [4.78, 5) is 25.9. The molecule has 0 radical (unpaired) electrons. The van der Waals surface area contributed by atoms with Crippen LogP contribution in [-0.2, 0) is 17.8 Å². The van der Waals surface area contributed by atoms with Crippen LogP contribution in [0.25, 0.3) is 0 Å². The molecule has 1 amide bonds. The van der Waals surface area contributed by atoms with Gasteiger partial charge < -0.3 is 5.32 Å². The van der Waals surface area contributed by atoms with Gasteiger partial charge in [-0.05, 0) is 48.7 Å². The van der Waals surface area contributed by atoms with E-state index < -0.39 is 0 Å². The summed E-state index contributed by atoms with van der Waals surface area (Å²) >= 11 is 4.95. The fourth-order valence-electron chi connectivity index (χ4n) is 2.45. The van der Waals surface area contributed by atoms with Crippen molar-refractivity contribution in [3.63, 3.8) is 0 Å². The summed E-state index contributed by atoms with van der Waals surface area (Å²) in [6, 6.07) is 13.0. The number of hydrogen-bond acceptors (Lipinski definition) is 4. The second-order valence-electron chi connectivity index (χ2n) is 5.58. The molecule has 0 aliphatic heterocycles. The summed E-state index contributed by atoms with van der Waals surface area (Å²) in [5.41, 5.74) is 1.80. The van der Waals surface area contributed by atoms with E-state index in [1.54, 1.807) is 29.5 Å². The van der Waals surface area contributed by atoms with Crippen molar-refractivity contribution in [3.8, 4) is 0 Å². The number of amides is 1. The minimum atomic E-state index is -0.287. The first-order valence-corrected chi connectivity index (χ1v) is 9.34. The molecule has 1 N–H and O–H groups in total. The normalized spacial score (nSPS) is 10.6. The Balaban J connectivity index is 1.77. The van der Waals surface area contributed by atoms with Gasteiger partial charge in [0.05, 0.1) is 5.69 Å². The monoisotopic (exact) mass is 417 g/mol. The van der Waals surface area contributed by atoms with Crippen LogP contribution in [0.4, 0.5) is 5.69 Å². The maximum absolute atomic E-state index is 12.6. The number of carbonyl (C=O) groups excluding carboxylic acids is 1. The number of rotatable bonds is 5. The summed E-state index contributed by atoms with van der Waals surface area (Å²) in [7, 11) is 0. The minimum Gasteiger partial charge on any atom is -0.324 e. The number of thiophene rings is 1. The lowest BCUT2D eigenvalue weighted by Gasteiger charge is -2.09. The molecular formula is C18H16BrN3O2S. The predicted molar refractivity (Wildman–Crippen MR) is 103 cm³/mol. The molecule has 0 saturated heterocycles. The lowest BCUT2D eigenvalue weighted by molar-refractivity contribution is -0.117. The van der Waals surface area contributed by atoms with E-state index in [0.717, 1.165) is 9.35 Å². The highest BCUT2D eigenvalue weighted by molar-refractivity contribution is 9.10. The summed E-state index contributed by atoms with van der Waals surface area (Å²) in [5, 5.41) is 8.95. The molecule has 5 nitrogen and oxygen atoms in total. The van der Waals surface area contributed by atoms with Gasteiger partial charge in [0.2, 0.25) is 5.91 Å². The third-order valence-corrected chi connectivity index (χ3v) is 4.94. The van der Waals surface area contributed by atoms with E-state index in [0.29, 0.717) is 23.4 Å². The highest BCUT2D eigenvalue weighted by atomic mass is 79.9. The molecule has 7 heteroatoms. The molecule has 3 rings (SSSR count). The van der Waals surface area contributed by atoms with E-state index >= 15 is 0 Å². The van der Waals surface area contributed by atoms with Gasteiger partial charge in [-0.15, -0.1) is 11.3 Å². The van der Waals surface area contributed by atoms with Crippen LogP contribution in [0.5, 0.6) is 0 Å². The topological polar surface area (TPSA) is 64.0 Å². The zero-order valence-electron chi connectivity index (χ0n) is 13.5. The molecule has 2 aromatic heterocycles. The third kappa shape index (κ3) is 4.64. The Labute approximate surface area is 157 Å². The van der Waals surface area contributed by atoms with Gasteiger partial charge in [0.15, 0.2) is 0 Å². The SMILES string of the molecule is Cc1cc(Cc2cccs2)c(=O)n(CC(=O)Nc2ccc(Br)cc2)n1. The van der Waals surface area contributed by atoms with Crippen LogP contribution in [0, 0.1) is 6.92 Å². The van der Waals surface area contributed by atoms with Crippen molar-refractivity contribution < 1.29 is 4.79 Å². The molecule has 0 spiro atoms. The van der Waals surface area contributed by atoms with E-state index in [9.17, 15) is 9.59 Å². The highest BCUT2D eigenvalue weighted by Gasteiger charge is 2.11. The molecule has 0 unspecified atom stereocenters. The van der Waals surface area contributed by atoms with Crippen LogP contribution >= 0.6 is 27.3 Å². The fraction of sp³-hybridized carbons (Fsp3) is 0.167. The Bertz CT molecular complexity index is 934. The third-order valence-electron chi connectivity index (χ3n) is 3.54. The molecule has 0 aliphatic carbocycles. The van der Waals surface area contributed by atoms with Gasteiger partial charge in [-0.2, -0.15) is 5.10 Å². The molecule has 2 heterocycles. The van der Waals surface area contributed by atoms with Gasteiger partial charge in [0.25, 0.3) is 5.56 Å². The van der Waals surface area contributed by atoms with Crippen molar-refractivity contribution in [2.24, 2.45) is 0 Å². The molecular weight excluding hydrogens is 402 g/mol. The van der Waals surface area contributed by atoms with Gasteiger partial charge in [0, 0.05) is 27.0 Å². The Morgan fingerprint density at radius 2 is 2.04 bits per heavy atom. The van der Waals surface area contributed by atoms with E-state index in [1.807, 2.05) is 36.6 Å². The van der Waals surface area contributed by atoms with E-state index in [1.165, 1.54) is 4.68 Å². The molecule has 0 atom stereocenters. The average Bonchev–Trinajstić information content (AvgIpc) is 3.07. The molecule has 0 fully saturated rings. The van der Waals surface area contributed by atoms with Crippen molar-refractivity contribution >= 4 is 38.9 Å². The number of nitrogens with zero attached hydrogens (tertiary/aromatic N) is 2. The number of hydrogen-bond donors (Lipinski definition) is 1. The smallest absolute Gasteiger partial charge is 0.270 e. The number of aromatic nitrogens is 2. The molecule has 1 aromatic carbocycles. The first-order valence-electron chi connectivity index (χ1n) is 7.67. The van der Waals surface area contributed by atoms with Crippen LogP contribution in [0.15, 0.2) is 57.1 Å². The first kappa shape index (κ1) is 17.6. The Morgan fingerprint density at radius 1 is 1.28 bits per heavy atom. The largest absolute Gasteiger partial charge is 0.324 e. The second kappa shape index (κ2) is 7.76. The lowest BCUT2D eigenvalue weighted by Crippen LogP contribution is -2.32. The summed E-state index contributed by atoms with van der Waals surface area (Å²) in [5.74, 6) is -0.287. The van der Waals surface area contributed by atoms with E-state index in [4.69, 9.17) is 0 Å². The highest BCUT2D eigenvalue weighted by Crippen LogP contribution is 2.14. The molecule has 25 heavy (non-hydrogen) atoms. The van der Waals surface area contributed by atoms with Gasteiger partial charge in [-0.3, -0.25) is 9.59 Å². The molecule has 3 aromatic rings. The molecule has 0 aliphatic rings. The molecule has 128 valence electrons. The molecule has 0 bridgehead atoms. The van der Waals surface area contributed by atoms with Gasteiger partial charge in [0.1, 0.15) is 6.54 Å². The van der Waals surface area contributed by atoms with E-state index in [2.05, 4.69) is 26.3 Å². The number of aryl methyl sites for hydroxylation is 1. The standard InChI is InChI=1S/C18H16BrN3O2S/c1-12-9-13(10-16-3-2-8-25-16)18(24)22(21-12)11-17(23)20-15-6-4-14(19)5-7-15/h2-9H,10-11H2,1H3,(H,20,23). The van der Waals surface area contributed by atoms with E-state index in [-0.39, 0.29) is 18.0 Å². The summed E-state index contributed by atoms with van der Waals surface area (Å²) in [6.45, 7) is 1.70. The van der Waals surface area contributed by atoms with Gasteiger partial charge >= 0.3 is 0 Å². The Hall–Kier alpha value is -2.25. The lowest BCUT2D eigenvalue weighted by atomic mass is 10.1. The summed E-state index contributed by atoms with van der Waals surface area (Å²) < 4.78 is 2.16. The number of halogens is 1. The van der Waals surface area contributed by atoms with Crippen LogP contribution < -0.4 is 10.9 Å². The van der Waals surface area contributed by atoms with Crippen LogP contribution in [0.2, 0.25) is 0 Å². The maximum atomic E-state index is 12.6. The number of anilines is 1. The zero-order chi connectivity index (χ0) is 17.8. The minimum absolute atomic E-state index is 0.117. The summed E-state index contributed by atoms with van der Waals surface area (Å²) in [6.07, 6.45) is 0.550. The van der Waals surface area contributed by atoms with Crippen molar-refractivity contribution in [2.75, 3.05) is 5.32 Å². The van der Waals surface area contributed by atoms with Crippen molar-refractivity contribution in [2.45, 2.75) is 19.9 Å². The van der Waals surface area contributed by atoms with Crippen molar-refractivity contribution in [1.29, 1.82) is 0 Å². The quantitative estimate of drug-likeness (QED) is 0.689. The van der Waals surface area contributed by atoms with Crippen LogP contribution in [0.3, 0.4) is 0 Å². The predicted octanol–water partition coefficient (Wildman–Crippen LogP) is 3.61. The first-order chi connectivity index (χ1) is 12.0. The fourth-order valence-corrected chi connectivity index (χ4v) is 3.44. The van der Waals surface area contributed by atoms with Crippen molar-refractivity contribution in [1.82, 2.24) is 9.78 Å². The average molecular weight is 418 g/mol. The second-order valence-corrected chi connectivity index (χ2v) is 7.53. The Morgan fingerprint density at radius 3 is 2.72 bits per heavy atom. The number of carbonyl (C=O) groups is 1. The van der Waals surface area contributed by atoms with Gasteiger partial charge in [-0.1, -0.05) is 22.0 Å².